The second-order valence-electron chi connectivity index (χ2n) is 6.82. The Morgan fingerprint density at radius 2 is 1.94 bits per heavy atom. The summed E-state index contributed by atoms with van der Waals surface area (Å²) >= 11 is 0. The summed E-state index contributed by atoms with van der Waals surface area (Å²) in [6.07, 6.45) is 4.26. The van der Waals surface area contributed by atoms with Crippen molar-refractivity contribution < 1.29 is 27.1 Å². The summed E-state index contributed by atoms with van der Waals surface area (Å²) in [4.78, 5) is 18.8. The fraction of sp³-hybridized carbons (Fsp3) is 0.190. The van der Waals surface area contributed by atoms with Crippen LogP contribution in [0.4, 0.5) is 20.3 Å². The highest BCUT2D eigenvalue weighted by atomic mass is 32.2. The summed E-state index contributed by atoms with van der Waals surface area (Å²) in [5.41, 5.74) is 1.72. The zero-order valence-corrected chi connectivity index (χ0v) is 18.0. The number of sulfonamides is 1. The van der Waals surface area contributed by atoms with Gasteiger partial charge < -0.3 is 10.4 Å². The SMILES string of the molecule is CC(=O)Nc1cc(-c2cncc(N(CCO)S(=O)(=O)c3ccc(F)cc3F)c2C)ccn1. The lowest BCUT2D eigenvalue weighted by Crippen LogP contribution is -2.35. The molecule has 2 aromatic heterocycles. The number of amides is 1. The van der Waals surface area contributed by atoms with Crippen molar-refractivity contribution in [2.24, 2.45) is 0 Å². The van der Waals surface area contributed by atoms with Crippen LogP contribution in [-0.4, -0.2) is 42.6 Å². The standard InChI is InChI=1S/C21H20F2N4O4S/c1-13-17(15-5-6-25-21(9-15)26-14(2)29)11-24-12-19(13)27(7-8-28)32(30,31)20-4-3-16(22)10-18(20)23/h3-6,9-12,28H,7-8H2,1-2H3,(H,25,26,29). The molecule has 0 fully saturated rings. The molecule has 0 aliphatic rings. The Labute approximate surface area is 183 Å². The first-order valence-electron chi connectivity index (χ1n) is 9.42. The Kier molecular flexibility index (Phi) is 6.80. The summed E-state index contributed by atoms with van der Waals surface area (Å²) in [5.74, 6) is -2.17. The minimum atomic E-state index is -4.49. The summed E-state index contributed by atoms with van der Waals surface area (Å²) in [7, 11) is -4.49. The van der Waals surface area contributed by atoms with Crippen molar-refractivity contribution in [2.75, 3.05) is 22.8 Å². The molecule has 2 N–H and O–H groups in total. The monoisotopic (exact) mass is 462 g/mol. The maximum Gasteiger partial charge on any atom is 0.267 e. The third-order valence-corrected chi connectivity index (χ3v) is 6.44. The van der Waals surface area contributed by atoms with Crippen LogP contribution in [-0.2, 0) is 14.8 Å². The Morgan fingerprint density at radius 1 is 1.19 bits per heavy atom. The van der Waals surface area contributed by atoms with E-state index in [1.165, 1.54) is 25.5 Å². The highest BCUT2D eigenvalue weighted by Gasteiger charge is 2.29. The van der Waals surface area contributed by atoms with Gasteiger partial charge in [-0.25, -0.2) is 22.2 Å². The van der Waals surface area contributed by atoms with Crippen LogP contribution in [0, 0.1) is 18.6 Å². The molecule has 3 rings (SSSR count). The summed E-state index contributed by atoms with van der Waals surface area (Å²) in [6.45, 7) is 2.06. The molecule has 0 bridgehead atoms. The average molecular weight is 462 g/mol. The van der Waals surface area contributed by atoms with Crippen molar-refractivity contribution in [1.29, 1.82) is 0 Å². The maximum atomic E-state index is 14.3. The average Bonchev–Trinajstić information content (AvgIpc) is 2.72. The van der Waals surface area contributed by atoms with Crippen LogP contribution >= 0.6 is 0 Å². The highest BCUT2D eigenvalue weighted by Crippen LogP contribution is 2.33. The van der Waals surface area contributed by atoms with Crippen molar-refractivity contribution in [1.82, 2.24) is 9.97 Å². The van der Waals surface area contributed by atoms with Gasteiger partial charge >= 0.3 is 0 Å². The Morgan fingerprint density at radius 3 is 2.59 bits per heavy atom. The Balaban J connectivity index is 2.12. The van der Waals surface area contributed by atoms with E-state index < -0.39 is 33.2 Å². The van der Waals surface area contributed by atoms with Gasteiger partial charge in [-0.2, -0.15) is 0 Å². The maximum absolute atomic E-state index is 14.3. The Hall–Kier alpha value is -3.44. The molecule has 0 spiro atoms. The minimum Gasteiger partial charge on any atom is -0.394 e. The van der Waals surface area contributed by atoms with Gasteiger partial charge in [0, 0.05) is 30.9 Å². The number of aliphatic hydroxyl groups is 1. The number of hydrogen-bond acceptors (Lipinski definition) is 6. The van der Waals surface area contributed by atoms with Crippen molar-refractivity contribution in [3.8, 4) is 11.1 Å². The number of carbonyl (C=O) groups excluding carboxylic acids is 1. The predicted molar refractivity (Wildman–Crippen MR) is 114 cm³/mol. The molecule has 0 unspecified atom stereocenters. The van der Waals surface area contributed by atoms with E-state index in [0.717, 1.165) is 16.4 Å². The van der Waals surface area contributed by atoms with Gasteiger partial charge in [0.2, 0.25) is 5.91 Å². The van der Waals surface area contributed by atoms with Crippen LogP contribution in [0.1, 0.15) is 12.5 Å². The second-order valence-corrected chi connectivity index (χ2v) is 8.65. The third kappa shape index (κ3) is 4.73. The van der Waals surface area contributed by atoms with E-state index in [9.17, 15) is 27.1 Å². The number of aliphatic hydroxyl groups excluding tert-OH is 1. The zero-order valence-electron chi connectivity index (χ0n) is 17.2. The molecule has 0 saturated carbocycles. The molecule has 0 aliphatic carbocycles. The minimum absolute atomic E-state index is 0.109. The lowest BCUT2D eigenvalue weighted by atomic mass is 10.0. The van der Waals surface area contributed by atoms with Gasteiger partial charge in [0.05, 0.1) is 25.0 Å². The largest absolute Gasteiger partial charge is 0.394 e. The first-order valence-corrected chi connectivity index (χ1v) is 10.9. The number of pyridine rings is 2. The number of anilines is 2. The summed E-state index contributed by atoms with van der Waals surface area (Å²) in [6, 6.07) is 5.41. The Bertz CT molecular complexity index is 1270. The van der Waals surface area contributed by atoms with Gasteiger partial charge in [0.1, 0.15) is 22.3 Å². The quantitative estimate of drug-likeness (QED) is 0.558. The molecule has 3 aromatic rings. The lowest BCUT2D eigenvalue weighted by molar-refractivity contribution is -0.114. The number of hydrogen-bond donors (Lipinski definition) is 2. The smallest absolute Gasteiger partial charge is 0.267 e. The number of halogens is 2. The van der Waals surface area contributed by atoms with E-state index in [1.54, 1.807) is 19.1 Å². The molecule has 32 heavy (non-hydrogen) atoms. The van der Waals surface area contributed by atoms with Gasteiger partial charge in [-0.15, -0.1) is 0 Å². The molecular formula is C21H20F2N4O4S. The molecule has 0 aliphatic heterocycles. The van der Waals surface area contributed by atoms with Crippen LogP contribution < -0.4 is 9.62 Å². The fourth-order valence-electron chi connectivity index (χ4n) is 3.17. The zero-order chi connectivity index (χ0) is 23.5. The first-order chi connectivity index (χ1) is 15.1. The summed E-state index contributed by atoms with van der Waals surface area (Å²) in [5, 5.41) is 12.1. The number of nitrogens with zero attached hydrogens (tertiary/aromatic N) is 3. The van der Waals surface area contributed by atoms with E-state index in [4.69, 9.17) is 0 Å². The topological polar surface area (TPSA) is 112 Å². The molecule has 11 heteroatoms. The molecule has 1 aromatic carbocycles. The fourth-order valence-corrected chi connectivity index (χ4v) is 4.72. The van der Waals surface area contributed by atoms with Crippen LogP contribution in [0.15, 0.2) is 53.8 Å². The van der Waals surface area contributed by atoms with E-state index in [1.807, 2.05) is 0 Å². The van der Waals surface area contributed by atoms with Crippen molar-refractivity contribution in [3.63, 3.8) is 0 Å². The van der Waals surface area contributed by atoms with Gasteiger partial charge in [0.25, 0.3) is 10.0 Å². The molecule has 1 amide bonds. The van der Waals surface area contributed by atoms with Gasteiger partial charge in [-0.1, -0.05) is 0 Å². The highest BCUT2D eigenvalue weighted by molar-refractivity contribution is 7.92. The van der Waals surface area contributed by atoms with E-state index in [0.29, 0.717) is 28.6 Å². The van der Waals surface area contributed by atoms with Crippen molar-refractivity contribution >= 4 is 27.4 Å². The molecule has 0 radical (unpaired) electrons. The van der Waals surface area contributed by atoms with E-state index in [2.05, 4.69) is 15.3 Å². The normalized spacial score (nSPS) is 11.3. The number of carbonyl (C=O) groups is 1. The molecule has 0 atom stereocenters. The van der Waals surface area contributed by atoms with Gasteiger partial charge in [-0.05, 0) is 42.3 Å². The molecule has 8 nitrogen and oxygen atoms in total. The van der Waals surface area contributed by atoms with Crippen LogP contribution in [0.2, 0.25) is 0 Å². The number of aromatic nitrogens is 2. The molecule has 0 saturated heterocycles. The van der Waals surface area contributed by atoms with Crippen molar-refractivity contribution in [2.45, 2.75) is 18.7 Å². The third-order valence-electron chi connectivity index (χ3n) is 4.60. The first kappa shape index (κ1) is 23.2. The van der Waals surface area contributed by atoms with Crippen molar-refractivity contribution in [3.05, 3.63) is 66.1 Å². The van der Waals surface area contributed by atoms with Crippen LogP contribution in [0.3, 0.4) is 0 Å². The number of rotatable bonds is 7. The molecule has 168 valence electrons. The van der Waals surface area contributed by atoms with Gasteiger partial charge in [-0.3, -0.25) is 14.1 Å². The second kappa shape index (κ2) is 9.37. The lowest BCUT2D eigenvalue weighted by Gasteiger charge is -2.26. The number of nitrogens with one attached hydrogen (secondary N) is 1. The molecule has 2 heterocycles. The van der Waals surface area contributed by atoms with Crippen LogP contribution in [0.5, 0.6) is 0 Å². The number of benzene rings is 1. The van der Waals surface area contributed by atoms with E-state index in [-0.39, 0.29) is 18.1 Å². The summed E-state index contributed by atoms with van der Waals surface area (Å²) < 4.78 is 54.8. The van der Waals surface area contributed by atoms with Gasteiger partial charge in [0.15, 0.2) is 0 Å². The van der Waals surface area contributed by atoms with E-state index >= 15 is 0 Å². The van der Waals surface area contributed by atoms with Crippen LogP contribution in [0.25, 0.3) is 11.1 Å². The predicted octanol–water partition coefficient (Wildman–Crippen LogP) is 2.88. The molecular weight excluding hydrogens is 442 g/mol.